The molecule has 0 aliphatic carbocycles. The predicted molar refractivity (Wildman–Crippen MR) is 74.4 cm³/mol. The summed E-state index contributed by atoms with van der Waals surface area (Å²) in [5, 5.41) is 3.26. The van der Waals surface area contributed by atoms with Gasteiger partial charge in [0.1, 0.15) is 11.5 Å². The van der Waals surface area contributed by atoms with Gasteiger partial charge in [0.25, 0.3) is 0 Å². The first kappa shape index (κ1) is 12.5. The summed E-state index contributed by atoms with van der Waals surface area (Å²) >= 11 is 6.68. The molecular weight excluding hydrogens is 350 g/mol. The van der Waals surface area contributed by atoms with Gasteiger partial charge in [0.15, 0.2) is 4.67 Å². The van der Waals surface area contributed by atoms with Crippen molar-refractivity contribution in [1.82, 2.24) is 0 Å². The highest BCUT2D eigenvalue weighted by Crippen LogP contribution is 2.28. The third kappa shape index (κ3) is 3.04. The highest BCUT2D eigenvalue weighted by Gasteiger charge is 2.07. The van der Waals surface area contributed by atoms with Gasteiger partial charge in [0.2, 0.25) is 0 Å². The Morgan fingerprint density at radius 2 is 2.06 bits per heavy atom. The fourth-order valence-corrected chi connectivity index (χ4v) is 2.11. The molecule has 3 nitrogen and oxygen atoms in total. The molecule has 5 heteroatoms. The molecule has 1 aromatic carbocycles. The Morgan fingerprint density at radius 1 is 1.29 bits per heavy atom. The number of halogens is 2. The first-order valence-corrected chi connectivity index (χ1v) is 6.60. The van der Waals surface area contributed by atoms with E-state index in [0.717, 1.165) is 21.7 Å². The van der Waals surface area contributed by atoms with E-state index in [4.69, 9.17) is 9.15 Å². The quantitative estimate of drug-likeness (QED) is 0.875. The van der Waals surface area contributed by atoms with E-state index in [-0.39, 0.29) is 0 Å². The Balaban J connectivity index is 2.07. The third-order valence-electron chi connectivity index (χ3n) is 2.26. The van der Waals surface area contributed by atoms with Crippen molar-refractivity contribution in [3.05, 3.63) is 45.2 Å². The molecule has 0 atom stereocenters. The summed E-state index contributed by atoms with van der Waals surface area (Å²) in [6.45, 7) is 0.602. The van der Waals surface area contributed by atoms with Gasteiger partial charge in [-0.2, -0.15) is 0 Å². The molecule has 0 aliphatic heterocycles. The highest BCUT2D eigenvalue weighted by atomic mass is 79.9. The van der Waals surface area contributed by atoms with Gasteiger partial charge < -0.3 is 14.5 Å². The van der Waals surface area contributed by atoms with Crippen molar-refractivity contribution in [1.29, 1.82) is 0 Å². The van der Waals surface area contributed by atoms with Crippen molar-refractivity contribution in [2.45, 2.75) is 6.54 Å². The lowest BCUT2D eigenvalue weighted by Crippen LogP contribution is -2.00. The average Bonchev–Trinajstić information content (AvgIpc) is 2.66. The van der Waals surface area contributed by atoms with Crippen molar-refractivity contribution in [3.8, 4) is 5.75 Å². The first-order chi connectivity index (χ1) is 8.20. The predicted octanol–water partition coefficient (Wildman–Crippen LogP) is 4.43. The van der Waals surface area contributed by atoms with Gasteiger partial charge in [-0.05, 0) is 50.1 Å². The fraction of sp³-hybridized carbons (Fsp3) is 0.167. The number of ether oxygens (including phenoxy) is 1. The standard InChI is InChI=1S/C12H11Br2NO2/c1-16-11-5-3-2-4-10(11)15-7-8-6-9(13)12(14)17-8/h2-6,15H,7H2,1H3. The zero-order chi connectivity index (χ0) is 12.3. The van der Waals surface area contributed by atoms with Crippen LogP contribution >= 0.6 is 31.9 Å². The SMILES string of the molecule is COc1ccccc1NCc1cc(Br)c(Br)o1. The Bertz CT molecular complexity index is 491. The Morgan fingerprint density at radius 3 is 2.71 bits per heavy atom. The topological polar surface area (TPSA) is 34.4 Å². The molecule has 1 N–H and O–H groups in total. The first-order valence-electron chi connectivity index (χ1n) is 5.01. The minimum absolute atomic E-state index is 0.602. The van der Waals surface area contributed by atoms with Crippen molar-refractivity contribution >= 4 is 37.5 Å². The maximum Gasteiger partial charge on any atom is 0.183 e. The highest BCUT2D eigenvalue weighted by molar-refractivity contribution is 9.13. The number of furan rings is 1. The van der Waals surface area contributed by atoms with Crippen LogP contribution in [0, 0.1) is 0 Å². The van der Waals surface area contributed by atoms with E-state index in [1.807, 2.05) is 30.3 Å². The molecule has 0 bridgehead atoms. The maximum atomic E-state index is 5.48. The van der Waals surface area contributed by atoms with Gasteiger partial charge in [0.05, 0.1) is 23.8 Å². The van der Waals surface area contributed by atoms with Crippen molar-refractivity contribution in [2.24, 2.45) is 0 Å². The largest absolute Gasteiger partial charge is 0.495 e. The number of methoxy groups -OCH3 is 1. The lowest BCUT2D eigenvalue weighted by Gasteiger charge is -2.09. The van der Waals surface area contributed by atoms with Gasteiger partial charge >= 0.3 is 0 Å². The van der Waals surface area contributed by atoms with Gasteiger partial charge in [-0.3, -0.25) is 0 Å². The van der Waals surface area contributed by atoms with Crippen LogP contribution < -0.4 is 10.1 Å². The van der Waals surface area contributed by atoms with Gasteiger partial charge in [0, 0.05) is 0 Å². The van der Waals surface area contributed by atoms with E-state index in [1.165, 1.54) is 0 Å². The van der Waals surface area contributed by atoms with Crippen molar-refractivity contribution < 1.29 is 9.15 Å². The maximum absolute atomic E-state index is 5.48. The molecule has 1 heterocycles. The molecule has 2 aromatic rings. The molecule has 0 amide bonds. The van der Waals surface area contributed by atoms with E-state index in [2.05, 4.69) is 37.2 Å². The molecule has 0 fully saturated rings. The zero-order valence-electron chi connectivity index (χ0n) is 9.17. The summed E-state index contributed by atoms with van der Waals surface area (Å²) in [6, 6.07) is 9.69. The molecule has 0 radical (unpaired) electrons. The van der Waals surface area contributed by atoms with Crippen LogP contribution in [0.4, 0.5) is 5.69 Å². The fourth-order valence-electron chi connectivity index (χ4n) is 1.45. The van der Waals surface area contributed by atoms with Crippen molar-refractivity contribution in [3.63, 3.8) is 0 Å². The number of benzene rings is 1. The van der Waals surface area contributed by atoms with Crippen LogP contribution in [0.15, 0.2) is 43.9 Å². The summed E-state index contributed by atoms with van der Waals surface area (Å²) in [6.07, 6.45) is 0. The van der Waals surface area contributed by atoms with Crippen molar-refractivity contribution in [2.75, 3.05) is 12.4 Å². The minimum Gasteiger partial charge on any atom is -0.495 e. The summed E-state index contributed by atoms with van der Waals surface area (Å²) in [5.41, 5.74) is 0.943. The molecule has 17 heavy (non-hydrogen) atoms. The second kappa shape index (κ2) is 5.60. The Kier molecular flexibility index (Phi) is 4.12. The third-order valence-corrected chi connectivity index (χ3v) is 3.97. The molecule has 0 saturated heterocycles. The molecule has 0 unspecified atom stereocenters. The molecule has 2 rings (SSSR count). The van der Waals surface area contributed by atoms with E-state index in [0.29, 0.717) is 11.2 Å². The Hall–Kier alpha value is -0.940. The number of nitrogens with one attached hydrogen (secondary N) is 1. The summed E-state index contributed by atoms with van der Waals surface area (Å²) < 4.78 is 12.3. The molecular formula is C12H11Br2NO2. The van der Waals surface area contributed by atoms with Crippen LogP contribution in [0.2, 0.25) is 0 Å². The van der Waals surface area contributed by atoms with Crippen LogP contribution in [0.5, 0.6) is 5.75 Å². The van der Waals surface area contributed by atoms with Gasteiger partial charge in [-0.25, -0.2) is 0 Å². The molecule has 0 saturated carbocycles. The van der Waals surface area contributed by atoms with Crippen LogP contribution in [0.1, 0.15) is 5.76 Å². The molecule has 90 valence electrons. The number of para-hydroxylation sites is 2. The van der Waals surface area contributed by atoms with E-state index in [1.54, 1.807) is 7.11 Å². The average molecular weight is 361 g/mol. The summed E-state index contributed by atoms with van der Waals surface area (Å²) in [7, 11) is 1.65. The Labute approximate surface area is 116 Å². The summed E-state index contributed by atoms with van der Waals surface area (Å²) in [4.78, 5) is 0. The van der Waals surface area contributed by atoms with E-state index < -0.39 is 0 Å². The number of hydrogen-bond acceptors (Lipinski definition) is 3. The summed E-state index contributed by atoms with van der Waals surface area (Å²) in [5.74, 6) is 1.66. The normalized spacial score (nSPS) is 10.3. The van der Waals surface area contributed by atoms with Gasteiger partial charge in [-0.15, -0.1) is 0 Å². The van der Waals surface area contributed by atoms with Crippen LogP contribution in [0.25, 0.3) is 0 Å². The number of rotatable bonds is 4. The van der Waals surface area contributed by atoms with E-state index >= 15 is 0 Å². The second-order valence-corrected chi connectivity index (χ2v) is 4.96. The molecule has 0 spiro atoms. The molecule has 0 aliphatic rings. The van der Waals surface area contributed by atoms with Crippen LogP contribution in [-0.2, 0) is 6.54 Å². The van der Waals surface area contributed by atoms with E-state index in [9.17, 15) is 0 Å². The monoisotopic (exact) mass is 359 g/mol. The molecule has 1 aromatic heterocycles. The second-order valence-electron chi connectivity index (χ2n) is 3.39. The zero-order valence-corrected chi connectivity index (χ0v) is 12.3. The minimum atomic E-state index is 0.602. The van der Waals surface area contributed by atoms with Crippen LogP contribution in [0.3, 0.4) is 0 Å². The lowest BCUT2D eigenvalue weighted by atomic mass is 10.3. The van der Waals surface area contributed by atoms with Crippen LogP contribution in [-0.4, -0.2) is 7.11 Å². The smallest absolute Gasteiger partial charge is 0.183 e. The lowest BCUT2D eigenvalue weighted by molar-refractivity contribution is 0.416. The number of anilines is 1. The van der Waals surface area contributed by atoms with Gasteiger partial charge in [-0.1, -0.05) is 12.1 Å². The number of hydrogen-bond donors (Lipinski definition) is 1.